The van der Waals surface area contributed by atoms with Gasteiger partial charge < -0.3 is 10.1 Å². The van der Waals surface area contributed by atoms with Gasteiger partial charge in [0.05, 0.1) is 17.4 Å². The van der Waals surface area contributed by atoms with Crippen LogP contribution in [0.2, 0.25) is 0 Å². The number of sulfonamides is 1. The SMILES string of the molecule is Cc1cc(NS(=O)(=O)c2cccc3nsnc23)cc(OCCNc2ccncc2)c1.Cl. The zero-order valence-corrected chi connectivity index (χ0v) is 18.9. The van der Waals surface area contributed by atoms with Gasteiger partial charge in [-0.1, -0.05) is 6.07 Å². The van der Waals surface area contributed by atoms with Crippen molar-refractivity contribution in [1.29, 1.82) is 0 Å². The third-order valence-electron chi connectivity index (χ3n) is 4.22. The minimum absolute atomic E-state index is 0. The zero-order chi connectivity index (χ0) is 21.0. The van der Waals surface area contributed by atoms with Crippen LogP contribution in [0.3, 0.4) is 0 Å². The molecule has 31 heavy (non-hydrogen) atoms. The molecule has 0 atom stereocenters. The van der Waals surface area contributed by atoms with Crippen LogP contribution in [0, 0.1) is 6.92 Å². The van der Waals surface area contributed by atoms with E-state index in [1.807, 2.05) is 25.1 Å². The van der Waals surface area contributed by atoms with Gasteiger partial charge in [-0.2, -0.15) is 8.75 Å². The number of hydrogen-bond donors (Lipinski definition) is 2. The van der Waals surface area contributed by atoms with Crippen LogP contribution >= 0.6 is 24.1 Å². The van der Waals surface area contributed by atoms with E-state index < -0.39 is 10.0 Å². The minimum atomic E-state index is -3.82. The highest BCUT2D eigenvalue weighted by atomic mass is 35.5. The molecule has 0 aliphatic carbocycles. The predicted molar refractivity (Wildman–Crippen MR) is 125 cm³/mol. The summed E-state index contributed by atoms with van der Waals surface area (Å²) < 4.78 is 42.5. The average Bonchev–Trinajstić information content (AvgIpc) is 3.20. The number of pyridine rings is 1. The Balaban J connectivity index is 0.00000272. The monoisotopic (exact) mass is 477 g/mol. The third-order valence-corrected chi connectivity index (χ3v) is 6.18. The van der Waals surface area contributed by atoms with Crippen molar-refractivity contribution < 1.29 is 13.2 Å². The Bertz CT molecular complexity index is 1270. The fourth-order valence-corrected chi connectivity index (χ4v) is 4.74. The van der Waals surface area contributed by atoms with E-state index in [0.717, 1.165) is 23.0 Å². The van der Waals surface area contributed by atoms with E-state index in [1.54, 1.807) is 36.7 Å². The van der Waals surface area contributed by atoms with Gasteiger partial charge in [0, 0.05) is 30.7 Å². The van der Waals surface area contributed by atoms with E-state index in [0.29, 0.717) is 35.6 Å². The van der Waals surface area contributed by atoms with Crippen molar-refractivity contribution in [3.05, 3.63) is 66.5 Å². The molecule has 0 unspecified atom stereocenters. The quantitative estimate of drug-likeness (QED) is 0.368. The summed E-state index contributed by atoms with van der Waals surface area (Å²) in [5, 5.41) is 3.23. The molecule has 0 radical (unpaired) electrons. The van der Waals surface area contributed by atoms with Crippen LogP contribution in [0.5, 0.6) is 5.75 Å². The first-order valence-electron chi connectivity index (χ1n) is 9.14. The van der Waals surface area contributed by atoms with Gasteiger partial charge in [-0.05, 0) is 48.9 Å². The number of benzene rings is 2. The fourth-order valence-electron chi connectivity index (χ4n) is 2.93. The van der Waals surface area contributed by atoms with Gasteiger partial charge in [-0.3, -0.25) is 9.71 Å². The lowest BCUT2D eigenvalue weighted by Gasteiger charge is -2.13. The highest BCUT2D eigenvalue weighted by molar-refractivity contribution is 7.93. The largest absolute Gasteiger partial charge is 0.492 e. The lowest BCUT2D eigenvalue weighted by atomic mass is 10.2. The summed E-state index contributed by atoms with van der Waals surface area (Å²) in [4.78, 5) is 4.07. The Hall–Kier alpha value is -2.95. The van der Waals surface area contributed by atoms with Gasteiger partial charge >= 0.3 is 0 Å². The molecule has 162 valence electrons. The number of anilines is 2. The Morgan fingerprint density at radius 3 is 2.65 bits per heavy atom. The molecule has 11 heteroatoms. The Morgan fingerprint density at radius 1 is 1.03 bits per heavy atom. The average molecular weight is 478 g/mol. The molecule has 4 rings (SSSR count). The molecule has 8 nitrogen and oxygen atoms in total. The molecule has 2 aromatic heterocycles. The van der Waals surface area contributed by atoms with Gasteiger partial charge in [0.1, 0.15) is 28.3 Å². The van der Waals surface area contributed by atoms with E-state index in [-0.39, 0.29) is 17.3 Å². The second-order valence-corrected chi connectivity index (χ2v) is 8.72. The number of aromatic nitrogens is 3. The van der Waals surface area contributed by atoms with Crippen molar-refractivity contribution in [2.75, 3.05) is 23.2 Å². The molecule has 2 heterocycles. The van der Waals surface area contributed by atoms with Gasteiger partial charge in [0.25, 0.3) is 10.0 Å². The second kappa shape index (κ2) is 9.90. The molecule has 0 fully saturated rings. The Morgan fingerprint density at radius 2 is 1.84 bits per heavy atom. The maximum Gasteiger partial charge on any atom is 0.264 e. The summed E-state index contributed by atoms with van der Waals surface area (Å²) in [6.07, 6.45) is 3.43. The normalized spacial score (nSPS) is 11.0. The molecule has 0 saturated carbocycles. The number of halogens is 1. The summed E-state index contributed by atoms with van der Waals surface area (Å²) in [6.45, 7) is 2.89. The molecular weight excluding hydrogens is 458 g/mol. The zero-order valence-electron chi connectivity index (χ0n) is 16.5. The van der Waals surface area contributed by atoms with Crippen LogP contribution in [0.15, 0.2) is 65.8 Å². The molecule has 0 spiro atoms. The molecular formula is C20H20ClN5O3S2. The van der Waals surface area contributed by atoms with Crippen LogP contribution in [0.25, 0.3) is 11.0 Å². The molecule has 0 aliphatic heterocycles. The van der Waals surface area contributed by atoms with Gasteiger partial charge in [-0.15, -0.1) is 12.4 Å². The fraction of sp³-hybridized carbons (Fsp3) is 0.150. The van der Waals surface area contributed by atoms with Crippen LogP contribution in [-0.2, 0) is 10.0 Å². The minimum Gasteiger partial charge on any atom is -0.492 e. The van der Waals surface area contributed by atoms with Crippen LogP contribution < -0.4 is 14.8 Å². The topological polar surface area (TPSA) is 106 Å². The van der Waals surface area contributed by atoms with Crippen molar-refractivity contribution in [2.45, 2.75) is 11.8 Å². The van der Waals surface area contributed by atoms with E-state index in [2.05, 4.69) is 23.8 Å². The first-order valence-corrected chi connectivity index (χ1v) is 11.4. The summed E-state index contributed by atoms with van der Waals surface area (Å²) in [5.41, 5.74) is 3.17. The van der Waals surface area contributed by atoms with E-state index in [1.165, 1.54) is 6.07 Å². The number of hydrogen-bond acceptors (Lipinski definition) is 8. The standard InChI is InChI=1S/C20H19N5O3S2.ClH/c1-14-11-16(13-17(12-14)28-10-9-22-15-5-7-21-8-6-15)25-30(26,27)19-4-2-3-18-20(19)24-29-23-18;/h2-8,11-13,25H,9-10H2,1H3,(H,21,22);1H. The molecule has 4 aromatic rings. The molecule has 0 bridgehead atoms. The number of rotatable bonds is 8. The van der Waals surface area contributed by atoms with Gasteiger partial charge in [-0.25, -0.2) is 8.42 Å². The lowest BCUT2D eigenvalue weighted by molar-refractivity contribution is 0.333. The first kappa shape index (κ1) is 22.7. The molecule has 2 aromatic carbocycles. The Labute approximate surface area is 190 Å². The number of ether oxygens (including phenoxy) is 1. The lowest BCUT2D eigenvalue weighted by Crippen LogP contribution is -2.14. The molecule has 2 N–H and O–H groups in total. The number of nitrogens with zero attached hydrogens (tertiary/aromatic N) is 3. The number of nitrogens with one attached hydrogen (secondary N) is 2. The van der Waals surface area contributed by atoms with E-state index >= 15 is 0 Å². The maximum atomic E-state index is 12.9. The van der Waals surface area contributed by atoms with Crippen molar-refractivity contribution in [1.82, 2.24) is 13.7 Å². The first-order chi connectivity index (χ1) is 14.5. The summed E-state index contributed by atoms with van der Waals surface area (Å²) >= 11 is 0.982. The van der Waals surface area contributed by atoms with Crippen molar-refractivity contribution in [3.8, 4) is 5.75 Å². The number of fused-ring (bicyclic) bond motifs is 1. The second-order valence-electron chi connectivity index (χ2n) is 6.54. The number of aryl methyl sites for hydroxylation is 1. The summed E-state index contributed by atoms with van der Waals surface area (Å²) in [7, 11) is -3.82. The van der Waals surface area contributed by atoms with Gasteiger partial charge in [0.2, 0.25) is 0 Å². The Kier molecular flexibility index (Phi) is 7.26. The van der Waals surface area contributed by atoms with Gasteiger partial charge in [0.15, 0.2) is 0 Å². The van der Waals surface area contributed by atoms with Crippen molar-refractivity contribution in [3.63, 3.8) is 0 Å². The smallest absolute Gasteiger partial charge is 0.264 e. The van der Waals surface area contributed by atoms with E-state index in [9.17, 15) is 8.42 Å². The highest BCUT2D eigenvalue weighted by Gasteiger charge is 2.20. The van der Waals surface area contributed by atoms with Crippen LogP contribution in [0.4, 0.5) is 11.4 Å². The highest BCUT2D eigenvalue weighted by Crippen LogP contribution is 2.26. The van der Waals surface area contributed by atoms with Crippen molar-refractivity contribution in [2.24, 2.45) is 0 Å². The molecule has 0 amide bonds. The third kappa shape index (κ3) is 5.60. The molecule has 0 aliphatic rings. The summed E-state index contributed by atoms with van der Waals surface area (Å²) in [5.74, 6) is 0.581. The van der Waals surface area contributed by atoms with E-state index in [4.69, 9.17) is 4.74 Å². The predicted octanol–water partition coefficient (Wildman–Crippen LogP) is 4.11. The van der Waals surface area contributed by atoms with Crippen LogP contribution in [-0.4, -0.2) is 35.3 Å². The van der Waals surface area contributed by atoms with Crippen LogP contribution in [0.1, 0.15) is 5.56 Å². The maximum absolute atomic E-state index is 12.9. The molecule has 0 saturated heterocycles. The van der Waals surface area contributed by atoms with Crippen molar-refractivity contribution >= 4 is 56.6 Å². The summed E-state index contributed by atoms with van der Waals surface area (Å²) in [6, 6.07) is 13.9.